The first kappa shape index (κ1) is 12.9. The molecule has 0 spiro atoms. The highest BCUT2D eigenvalue weighted by molar-refractivity contribution is 5.52. The molecule has 6 nitrogen and oxygen atoms in total. The number of fused-ring (bicyclic) bond motifs is 1. The standard InChI is InChI=1S/C16H15N5O/c1-21-10-11(9-18-21)22-16-12-5-4-7-13(12)19-15(20-16)14-6-2-3-8-17-14/h2-3,6,8-10H,4-5,7H2,1H3. The number of aromatic nitrogens is 5. The van der Waals surface area contributed by atoms with Crippen LogP contribution in [-0.2, 0) is 19.9 Å². The predicted octanol–water partition coefficient (Wildman–Crippen LogP) is 2.55. The average molecular weight is 293 g/mol. The number of ether oxygens (including phenoxy) is 1. The molecule has 0 saturated heterocycles. The van der Waals surface area contributed by atoms with E-state index in [1.165, 1.54) is 0 Å². The van der Waals surface area contributed by atoms with Crippen molar-refractivity contribution in [3.63, 3.8) is 0 Å². The largest absolute Gasteiger partial charge is 0.435 e. The van der Waals surface area contributed by atoms with E-state index in [2.05, 4.69) is 20.1 Å². The molecule has 0 unspecified atom stereocenters. The molecule has 0 aliphatic heterocycles. The summed E-state index contributed by atoms with van der Waals surface area (Å²) < 4.78 is 7.65. The van der Waals surface area contributed by atoms with Crippen LogP contribution in [0.15, 0.2) is 36.8 Å². The zero-order valence-corrected chi connectivity index (χ0v) is 12.2. The third-order valence-corrected chi connectivity index (χ3v) is 3.68. The van der Waals surface area contributed by atoms with Crippen LogP contribution in [0.2, 0.25) is 0 Å². The summed E-state index contributed by atoms with van der Waals surface area (Å²) in [6.07, 6.45) is 8.24. The van der Waals surface area contributed by atoms with Gasteiger partial charge in [-0.1, -0.05) is 6.07 Å². The first-order valence-corrected chi connectivity index (χ1v) is 7.27. The van der Waals surface area contributed by atoms with Gasteiger partial charge in [0.1, 0.15) is 5.69 Å². The van der Waals surface area contributed by atoms with Crippen molar-refractivity contribution in [2.45, 2.75) is 19.3 Å². The van der Waals surface area contributed by atoms with Gasteiger partial charge >= 0.3 is 0 Å². The van der Waals surface area contributed by atoms with Crippen LogP contribution in [0.5, 0.6) is 11.6 Å². The molecule has 1 aliphatic rings. The Labute approximate surface area is 127 Å². The maximum atomic E-state index is 5.94. The summed E-state index contributed by atoms with van der Waals surface area (Å²) >= 11 is 0. The molecule has 22 heavy (non-hydrogen) atoms. The molecule has 0 atom stereocenters. The van der Waals surface area contributed by atoms with Crippen LogP contribution in [-0.4, -0.2) is 24.7 Å². The molecule has 3 aromatic heterocycles. The highest BCUT2D eigenvalue weighted by Gasteiger charge is 2.22. The van der Waals surface area contributed by atoms with Gasteiger partial charge in [-0.3, -0.25) is 9.67 Å². The van der Waals surface area contributed by atoms with Crippen LogP contribution in [0.1, 0.15) is 17.7 Å². The summed E-state index contributed by atoms with van der Waals surface area (Å²) in [6.45, 7) is 0. The maximum Gasteiger partial charge on any atom is 0.226 e. The molecule has 4 rings (SSSR count). The minimum Gasteiger partial charge on any atom is -0.435 e. The summed E-state index contributed by atoms with van der Waals surface area (Å²) in [5, 5.41) is 4.12. The van der Waals surface area contributed by atoms with Gasteiger partial charge in [0.2, 0.25) is 5.88 Å². The summed E-state index contributed by atoms with van der Waals surface area (Å²) in [4.78, 5) is 13.6. The van der Waals surface area contributed by atoms with E-state index in [-0.39, 0.29) is 0 Å². The highest BCUT2D eigenvalue weighted by atomic mass is 16.5. The topological polar surface area (TPSA) is 65.7 Å². The average Bonchev–Trinajstić information content (AvgIpc) is 3.17. The van der Waals surface area contributed by atoms with Crippen LogP contribution in [0.4, 0.5) is 0 Å². The van der Waals surface area contributed by atoms with Crippen molar-refractivity contribution < 1.29 is 4.74 Å². The molecule has 1 aliphatic carbocycles. The van der Waals surface area contributed by atoms with E-state index >= 15 is 0 Å². The smallest absolute Gasteiger partial charge is 0.226 e. The fourth-order valence-corrected chi connectivity index (χ4v) is 2.66. The zero-order chi connectivity index (χ0) is 14.9. The lowest BCUT2D eigenvalue weighted by Gasteiger charge is -2.09. The Morgan fingerprint density at radius 1 is 1.18 bits per heavy atom. The van der Waals surface area contributed by atoms with Crippen molar-refractivity contribution >= 4 is 0 Å². The molecule has 0 amide bonds. The second-order valence-corrected chi connectivity index (χ2v) is 5.30. The maximum absolute atomic E-state index is 5.94. The SMILES string of the molecule is Cn1cc(Oc2nc(-c3ccccn3)nc3c2CCC3)cn1. The van der Waals surface area contributed by atoms with Crippen LogP contribution < -0.4 is 4.74 Å². The summed E-state index contributed by atoms with van der Waals surface area (Å²) in [6, 6.07) is 5.72. The van der Waals surface area contributed by atoms with Crippen molar-refractivity contribution in [2.24, 2.45) is 7.05 Å². The molecule has 0 radical (unpaired) electrons. The van der Waals surface area contributed by atoms with Gasteiger partial charge in [-0.2, -0.15) is 10.1 Å². The Balaban J connectivity index is 1.78. The number of aryl methyl sites for hydroxylation is 2. The Bertz CT molecular complexity index is 813. The number of nitrogens with zero attached hydrogens (tertiary/aromatic N) is 5. The van der Waals surface area contributed by atoms with Gasteiger partial charge in [0.05, 0.1) is 18.1 Å². The van der Waals surface area contributed by atoms with Crippen molar-refractivity contribution in [3.8, 4) is 23.1 Å². The molecule has 110 valence electrons. The van der Waals surface area contributed by atoms with Gasteiger partial charge in [-0.25, -0.2) is 4.98 Å². The molecular formula is C16H15N5O. The molecule has 0 aromatic carbocycles. The lowest BCUT2D eigenvalue weighted by molar-refractivity contribution is 0.455. The fraction of sp³-hybridized carbons (Fsp3) is 0.250. The second-order valence-electron chi connectivity index (χ2n) is 5.30. The van der Waals surface area contributed by atoms with E-state index in [9.17, 15) is 0 Å². The third kappa shape index (κ3) is 2.32. The minimum absolute atomic E-state index is 0.611. The van der Waals surface area contributed by atoms with Crippen LogP contribution >= 0.6 is 0 Å². The normalized spacial score (nSPS) is 13.1. The van der Waals surface area contributed by atoms with Gasteiger partial charge in [-0.05, 0) is 31.4 Å². The van der Waals surface area contributed by atoms with Gasteiger partial charge < -0.3 is 4.74 Å². The second kappa shape index (κ2) is 5.22. The van der Waals surface area contributed by atoms with E-state index in [1.807, 2.05) is 31.4 Å². The van der Waals surface area contributed by atoms with Gasteiger partial charge in [-0.15, -0.1) is 0 Å². The Morgan fingerprint density at radius 2 is 2.14 bits per heavy atom. The van der Waals surface area contributed by atoms with Gasteiger partial charge in [0.15, 0.2) is 11.6 Å². The Morgan fingerprint density at radius 3 is 2.91 bits per heavy atom. The van der Waals surface area contributed by atoms with Crippen LogP contribution in [0.25, 0.3) is 11.5 Å². The Hall–Kier alpha value is -2.76. The van der Waals surface area contributed by atoms with E-state index < -0.39 is 0 Å². The third-order valence-electron chi connectivity index (χ3n) is 3.68. The molecule has 6 heteroatoms. The van der Waals surface area contributed by atoms with Crippen LogP contribution in [0.3, 0.4) is 0 Å². The van der Waals surface area contributed by atoms with E-state index in [0.717, 1.165) is 36.2 Å². The minimum atomic E-state index is 0.611. The molecule has 3 aromatic rings. The lowest BCUT2D eigenvalue weighted by atomic mass is 10.2. The number of hydrogen-bond acceptors (Lipinski definition) is 5. The monoisotopic (exact) mass is 293 g/mol. The molecule has 0 N–H and O–H groups in total. The molecular weight excluding hydrogens is 278 g/mol. The van der Waals surface area contributed by atoms with Crippen molar-refractivity contribution in [1.29, 1.82) is 0 Å². The first-order valence-electron chi connectivity index (χ1n) is 7.27. The first-order chi connectivity index (χ1) is 10.8. The van der Waals surface area contributed by atoms with Gasteiger partial charge in [0, 0.05) is 18.8 Å². The summed E-state index contributed by atoms with van der Waals surface area (Å²) in [7, 11) is 1.86. The number of hydrogen-bond donors (Lipinski definition) is 0. The fourth-order valence-electron chi connectivity index (χ4n) is 2.66. The van der Waals surface area contributed by atoms with Crippen LogP contribution in [0, 0.1) is 0 Å². The summed E-state index contributed by atoms with van der Waals surface area (Å²) in [5.74, 6) is 1.92. The van der Waals surface area contributed by atoms with Gasteiger partial charge in [0.25, 0.3) is 0 Å². The number of pyridine rings is 1. The number of rotatable bonds is 3. The lowest BCUT2D eigenvalue weighted by Crippen LogP contribution is -2.01. The van der Waals surface area contributed by atoms with E-state index in [0.29, 0.717) is 17.5 Å². The predicted molar refractivity (Wildman–Crippen MR) is 80.6 cm³/mol. The molecule has 0 saturated carbocycles. The highest BCUT2D eigenvalue weighted by Crippen LogP contribution is 2.32. The van der Waals surface area contributed by atoms with E-state index in [4.69, 9.17) is 4.74 Å². The molecule has 0 bridgehead atoms. The van der Waals surface area contributed by atoms with Crippen molar-refractivity contribution in [2.75, 3.05) is 0 Å². The van der Waals surface area contributed by atoms with Crippen molar-refractivity contribution in [3.05, 3.63) is 48.0 Å². The summed E-state index contributed by atoms with van der Waals surface area (Å²) in [5.41, 5.74) is 2.92. The molecule has 3 heterocycles. The molecule has 0 fully saturated rings. The Kier molecular flexibility index (Phi) is 3.07. The van der Waals surface area contributed by atoms with E-state index in [1.54, 1.807) is 17.1 Å². The zero-order valence-electron chi connectivity index (χ0n) is 12.2. The van der Waals surface area contributed by atoms with Crippen molar-refractivity contribution in [1.82, 2.24) is 24.7 Å². The quantitative estimate of drug-likeness (QED) is 0.742.